The van der Waals surface area contributed by atoms with Gasteiger partial charge in [-0.3, -0.25) is 0 Å². The molecule has 0 saturated carbocycles. The average Bonchev–Trinajstić information content (AvgIpc) is 2.87. The zero-order valence-electron chi connectivity index (χ0n) is 11.1. The fraction of sp³-hybridized carbons (Fsp3) is 0.125. The molecule has 0 saturated heterocycles. The first kappa shape index (κ1) is 12.4. The molecule has 0 unspecified atom stereocenters. The van der Waals surface area contributed by atoms with E-state index in [4.69, 9.17) is 9.47 Å². The Morgan fingerprint density at radius 1 is 1.10 bits per heavy atom. The van der Waals surface area contributed by atoms with Gasteiger partial charge in [0.15, 0.2) is 0 Å². The van der Waals surface area contributed by atoms with Gasteiger partial charge < -0.3 is 19.6 Å². The van der Waals surface area contributed by atoms with Crippen molar-refractivity contribution in [1.82, 2.24) is 4.98 Å². The minimum absolute atomic E-state index is 0.250. The Hall–Kier alpha value is -2.62. The summed E-state index contributed by atoms with van der Waals surface area (Å²) in [6.07, 6.45) is 1.89. The minimum Gasteiger partial charge on any atom is -0.508 e. The second-order valence-electron chi connectivity index (χ2n) is 4.51. The molecule has 4 heteroatoms. The first-order valence-corrected chi connectivity index (χ1v) is 6.32. The topological polar surface area (TPSA) is 54.5 Å². The Balaban J connectivity index is 1.81. The van der Waals surface area contributed by atoms with Crippen LogP contribution in [-0.2, 0) is 6.61 Å². The van der Waals surface area contributed by atoms with Crippen molar-refractivity contribution in [2.75, 3.05) is 7.11 Å². The second kappa shape index (κ2) is 5.17. The first-order valence-electron chi connectivity index (χ1n) is 6.32. The molecule has 0 aliphatic heterocycles. The molecule has 1 heterocycles. The standard InChI is InChI=1S/C16H15NO3/c1-19-13-3-2-4-14(8-13)20-10-11-9-17-16-6-5-12(18)7-15(11)16/h2-9,17-18H,10H2,1H3. The lowest BCUT2D eigenvalue weighted by Crippen LogP contribution is -1.94. The molecule has 2 aromatic carbocycles. The molecular formula is C16H15NO3. The molecule has 0 spiro atoms. The summed E-state index contributed by atoms with van der Waals surface area (Å²) in [4.78, 5) is 3.16. The first-order chi connectivity index (χ1) is 9.76. The van der Waals surface area contributed by atoms with Gasteiger partial charge in [0.1, 0.15) is 23.9 Å². The van der Waals surface area contributed by atoms with Crippen LogP contribution in [0.5, 0.6) is 17.2 Å². The van der Waals surface area contributed by atoms with Crippen LogP contribution in [0, 0.1) is 0 Å². The van der Waals surface area contributed by atoms with Gasteiger partial charge in [-0.15, -0.1) is 0 Å². The monoisotopic (exact) mass is 269 g/mol. The van der Waals surface area contributed by atoms with Crippen molar-refractivity contribution in [3.63, 3.8) is 0 Å². The summed E-state index contributed by atoms with van der Waals surface area (Å²) >= 11 is 0. The van der Waals surface area contributed by atoms with Crippen LogP contribution in [0.25, 0.3) is 10.9 Å². The van der Waals surface area contributed by atoms with Gasteiger partial charge in [0.25, 0.3) is 0 Å². The Bertz CT molecular complexity index is 733. The molecule has 3 rings (SSSR count). The Kier molecular flexibility index (Phi) is 3.21. The summed E-state index contributed by atoms with van der Waals surface area (Å²) in [5.74, 6) is 1.76. The van der Waals surface area contributed by atoms with Crippen LogP contribution in [0.2, 0.25) is 0 Å². The van der Waals surface area contributed by atoms with Gasteiger partial charge >= 0.3 is 0 Å². The third-order valence-corrected chi connectivity index (χ3v) is 3.19. The number of benzene rings is 2. The summed E-state index contributed by atoms with van der Waals surface area (Å²) in [7, 11) is 1.63. The molecular weight excluding hydrogens is 254 g/mol. The van der Waals surface area contributed by atoms with Gasteiger partial charge in [0, 0.05) is 28.7 Å². The molecule has 0 aliphatic carbocycles. The number of hydrogen-bond donors (Lipinski definition) is 2. The highest BCUT2D eigenvalue weighted by molar-refractivity contribution is 5.84. The number of H-pyrrole nitrogens is 1. The summed E-state index contributed by atoms with van der Waals surface area (Å²) in [6, 6.07) is 12.7. The lowest BCUT2D eigenvalue weighted by atomic mass is 10.2. The summed E-state index contributed by atoms with van der Waals surface area (Å²) in [5, 5.41) is 10.5. The fourth-order valence-electron chi connectivity index (χ4n) is 2.14. The molecule has 1 aromatic heterocycles. The fourth-order valence-corrected chi connectivity index (χ4v) is 2.14. The van der Waals surface area contributed by atoms with Crippen LogP contribution in [0.15, 0.2) is 48.7 Å². The van der Waals surface area contributed by atoms with Crippen molar-refractivity contribution in [1.29, 1.82) is 0 Å². The van der Waals surface area contributed by atoms with E-state index < -0.39 is 0 Å². The Morgan fingerprint density at radius 3 is 2.80 bits per heavy atom. The predicted molar refractivity (Wildman–Crippen MR) is 77.3 cm³/mol. The maximum absolute atomic E-state index is 9.56. The number of aromatic amines is 1. The molecule has 0 fully saturated rings. The van der Waals surface area contributed by atoms with Gasteiger partial charge in [0.2, 0.25) is 0 Å². The minimum atomic E-state index is 0.250. The van der Waals surface area contributed by atoms with E-state index in [0.717, 1.165) is 28.0 Å². The Labute approximate surface area is 116 Å². The summed E-state index contributed by atoms with van der Waals surface area (Å²) in [6.45, 7) is 0.427. The molecule has 0 amide bonds. The maximum atomic E-state index is 9.56. The van der Waals surface area contributed by atoms with Gasteiger partial charge in [-0.05, 0) is 30.3 Å². The van der Waals surface area contributed by atoms with E-state index in [9.17, 15) is 5.11 Å². The third kappa shape index (κ3) is 2.40. The molecule has 2 N–H and O–H groups in total. The van der Waals surface area contributed by atoms with Crippen LogP contribution in [0.4, 0.5) is 0 Å². The van der Waals surface area contributed by atoms with Crippen LogP contribution in [0.3, 0.4) is 0 Å². The molecule has 102 valence electrons. The number of ether oxygens (including phenoxy) is 2. The summed E-state index contributed by atoms with van der Waals surface area (Å²) in [5.41, 5.74) is 1.98. The number of aromatic nitrogens is 1. The number of hydrogen-bond acceptors (Lipinski definition) is 3. The van der Waals surface area contributed by atoms with E-state index >= 15 is 0 Å². The van der Waals surface area contributed by atoms with E-state index in [1.54, 1.807) is 19.2 Å². The van der Waals surface area contributed by atoms with Crippen molar-refractivity contribution in [3.8, 4) is 17.2 Å². The van der Waals surface area contributed by atoms with Gasteiger partial charge in [-0.1, -0.05) is 6.07 Å². The molecule has 0 radical (unpaired) electrons. The second-order valence-corrected chi connectivity index (χ2v) is 4.51. The lowest BCUT2D eigenvalue weighted by molar-refractivity contribution is 0.305. The molecule has 0 atom stereocenters. The number of phenolic OH excluding ortho intramolecular Hbond substituents is 1. The van der Waals surface area contributed by atoms with E-state index in [-0.39, 0.29) is 5.75 Å². The number of nitrogens with one attached hydrogen (secondary N) is 1. The van der Waals surface area contributed by atoms with Crippen molar-refractivity contribution in [2.24, 2.45) is 0 Å². The van der Waals surface area contributed by atoms with Gasteiger partial charge in [-0.25, -0.2) is 0 Å². The smallest absolute Gasteiger partial charge is 0.123 e. The molecule has 0 aliphatic rings. The zero-order valence-corrected chi connectivity index (χ0v) is 11.1. The van der Waals surface area contributed by atoms with Crippen molar-refractivity contribution >= 4 is 10.9 Å². The van der Waals surface area contributed by atoms with Gasteiger partial charge in [0.05, 0.1) is 7.11 Å². The van der Waals surface area contributed by atoms with Crippen molar-refractivity contribution in [2.45, 2.75) is 6.61 Å². The third-order valence-electron chi connectivity index (χ3n) is 3.19. The SMILES string of the molecule is COc1cccc(OCc2c[nH]c3ccc(O)cc23)c1. The van der Waals surface area contributed by atoms with Crippen LogP contribution < -0.4 is 9.47 Å². The maximum Gasteiger partial charge on any atom is 0.123 e. The normalized spacial score (nSPS) is 10.7. The van der Waals surface area contributed by atoms with E-state index in [1.807, 2.05) is 36.5 Å². The number of fused-ring (bicyclic) bond motifs is 1. The van der Waals surface area contributed by atoms with E-state index in [2.05, 4.69) is 4.98 Å². The number of methoxy groups -OCH3 is 1. The molecule has 0 bridgehead atoms. The predicted octanol–water partition coefficient (Wildman–Crippen LogP) is 3.46. The van der Waals surface area contributed by atoms with Gasteiger partial charge in [-0.2, -0.15) is 0 Å². The quantitative estimate of drug-likeness (QED) is 0.762. The molecule has 4 nitrogen and oxygen atoms in total. The highest BCUT2D eigenvalue weighted by Crippen LogP contribution is 2.25. The molecule has 3 aromatic rings. The zero-order chi connectivity index (χ0) is 13.9. The largest absolute Gasteiger partial charge is 0.508 e. The Morgan fingerprint density at radius 2 is 1.95 bits per heavy atom. The average molecular weight is 269 g/mol. The number of rotatable bonds is 4. The lowest BCUT2D eigenvalue weighted by Gasteiger charge is -2.07. The van der Waals surface area contributed by atoms with E-state index in [1.165, 1.54) is 0 Å². The number of phenols is 1. The van der Waals surface area contributed by atoms with Crippen molar-refractivity contribution < 1.29 is 14.6 Å². The highest BCUT2D eigenvalue weighted by atomic mass is 16.5. The van der Waals surface area contributed by atoms with Crippen molar-refractivity contribution in [3.05, 3.63) is 54.2 Å². The van der Waals surface area contributed by atoms with E-state index in [0.29, 0.717) is 6.61 Å². The van der Waals surface area contributed by atoms with Crippen LogP contribution >= 0.6 is 0 Å². The van der Waals surface area contributed by atoms with Crippen LogP contribution in [-0.4, -0.2) is 17.2 Å². The molecule has 20 heavy (non-hydrogen) atoms. The van der Waals surface area contributed by atoms with Crippen LogP contribution in [0.1, 0.15) is 5.56 Å². The summed E-state index contributed by atoms with van der Waals surface area (Å²) < 4.78 is 10.9. The highest BCUT2D eigenvalue weighted by Gasteiger charge is 2.05. The number of aromatic hydroxyl groups is 1.